The molecule has 28 heavy (non-hydrogen) atoms. The van der Waals surface area contributed by atoms with E-state index in [1.165, 1.54) is 16.5 Å². The Balaban J connectivity index is 1.25. The van der Waals surface area contributed by atoms with Gasteiger partial charge in [-0.2, -0.15) is 9.36 Å². The van der Waals surface area contributed by atoms with Crippen molar-refractivity contribution in [3.8, 4) is 22.6 Å². The van der Waals surface area contributed by atoms with Crippen LogP contribution in [0.3, 0.4) is 0 Å². The second kappa shape index (κ2) is 7.77. The van der Waals surface area contributed by atoms with Crippen LogP contribution in [0.4, 0.5) is 5.13 Å². The molecule has 0 amide bonds. The summed E-state index contributed by atoms with van der Waals surface area (Å²) in [6, 6.07) is 14.2. The number of thiazole rings is 1. The summed E-state index contributed by atoms with van der Waals surface area (Å²) in [7, 11) is 0. The molecular formula is C21H19N5S2. The molecule has 0 aliphatic carbocycles. The first-order valence-corrected chi connectivity index (χ1v) is 11.0. The molecule has 4 heterocycles. The Morgan fingerprint density at radius 2 is 1.68 bits per heavy atom. The fourth-order valence-corrected chi connectivity index (χ4v) is 5.24. The third-order valence-electron chi connectivity index (χ3n) is 5.06. The van der Waals surface area contributed by atoms with Crippen molar-refractivity contribution in [3.05, 3.63) is 65.2 Å². The van der Waals surface area contributed by atoms with Crippen LogP contribution in [0.25, 0.3) is 22.6 Å². The number of pyridine rings is 1. The molecule has 1 aliphatic rings. The lowest BCUT2D eigenvalue weighted by molar-refractivity contribution is 0.503. The van der Waals surface area contributed by atoms with Crippen LogP contribution in [0.15, 0.2) is 60.2 Å². The van der Waals surface area contributed by atoms with Gasteiger partial charge >= 0.3 is 0 Å². The summed E-state index contributed by atoms with van der Waals surface area (Å²) in [4.78, 5) is 16.1. The summed E-state index contributed by atoms with van der Waals surface area (Å²) in [6.45, 7) is 2.00. The molecule has 0 atom stereocenters. The van der Waals surface area contributed by atoms with Gasteiger partial charge in [-0.1, -0.05) is 30.3 Å². The van der Waals surface area contributed by atoms with E-state index in [1.54, 1.807) is 11.3 Å². The van der Waals surface area contributed by atoms with E-state index < -0.39 is 0 Å². The molecule has 0 saturated carbocycles. The normalized spacial score (nSPS) is 15.1. The van der Waals surface area contributed by atoms with Crippen LogP contribution in [0, 0.1) is 0 Å². The van der Waals surface area contributed by atoms with Crippen molar-refractivity contribution >= 4 is 28.0 Å². The summed E-state index contributed by atoms with van der Waals surface area (Å²) in [5.41, 5.74) is 3.27. The minimum Gasteiger partial charge on any atom is -0.347 e. The zero-order chi connectivity index (χ0) is 18.8. The molecule has 1 saturated heterocycles. The monoisotopic (exact) mass is 405 g/mol. The lowest BCUT2D eigenvalue weighted by Gasteiger charge is -2.30. The first kappa shape index (κ1) is 17.5. The third-order valence-corrected chi connectivity index (χ3v) is 6.84. The average Bonchev–Trinajstić information content (AvgIpc) is 3.46. The molecule has 1 aromatic carbocycles. The molecule has 0 unspecified atom stereocenters. The number of nitrogens with zero attached hydrogens (tertiary/aromatic N) is 5. The van der Waals surface area contributed by atoms with Crippen molar-refractivity contribution in [1.82, 2.24) is 19.3 Å². The molecular weight excluding hydrogens is 386 g/mol. The van der Waals surface area contributed by atoms with E-state index in [0.29, 0.717) is 5.92 Å². The number of piperidine rings is 1. The van der Waals surface area contributed by atoms with E-state index in [1.807, 2.05) is 42.7 Å². The molecule has 5 nitrogen and oxygen atoms in total. The Morgan fingerprint density at radius 1 is 0.893 bits per heavy atom. The van der Waals surface area contributed by atoms with Gasteiger partial charge in [0, 0.05) is 59.4 Å². The lowest BCUT2D eigenvalue weighted by atomic mass is 9.98. The molecule has 1 fully saturated rings. The van der Waals surface area contributed by atoms with Gasteiger partial charge < -0.3 is 4.90 Å². The van der Waals surface area contributed by atoms with Crippen molar-refractivity contribution in [3.63, 3.8) is 0 Å². The maximum absolute atomic E-state index is 4.89. The molecule has 5 rings (SSSR count). The van der Waals surface area contributed by atoms with E-state index >= 15 is 0 Å². The molecule has 3 aromatic heterocycles. The van der Waals surface area contributed by atoms with Gasteiger partial charge in [-0.25, -0.2) is 4.98 Å². The van der Waals surface area contributed by atoms with Gasteiger partial charge in [0.05, 0.1) is 10.7 Å². The number of rotatable bonds is 4. The Morgan fingerprint density at radius 3 is 2.46 bits per heavy atom. The first-order valence-electron chi connectivity index (χ1n) is 9.37. The molecule has 0 spiro atoms. The van der Waals surface area contributed by atoms with E-state index in [-0.39, 0.29) is 0 Å². The minimum absolute atomic E-state index is 0.526. The highest BCUT2D eigenvalue weighted by Crippen LogP contribution is 2.35. The smallest absolute Gasteiger partial charge is 0.205 e. The van der Waals surface area contributed by atoms with Crippen LogP contribution in [0.2, 0.25) is 0 Å². The van der Waals surface area contributed by atoms with Gasteiger partial charge in [-0.15, -0.1) is 11.3 Å². The fraction of sp³-hybridized carbons (Fsp3) is 0.238. The van der Waals surface area contributed by atoms with Gasteiger partial charge in [0.15, 0.2) is 5.82 Å². The van der Waals surface area contributed by atoms with Crippen molar-refractivity contribution in [1.29, 1.82) is 0 Å². The average molecular weight is 406 g/mol. The van der Waals surface area contributed by atoms with Crippen molar-refractivity contribution in [2.45, 2.75) is 18.8 Å². The molecule has 7 heteroatoms. The SMILES string of the molecule is c1ccc(-c2nsc(N3CCC(c4nc(-c5ccncc5)cs4)CC3)n2)cc1. The quantitative estimate of drug-likeness (QED) is 0.472. The van der Waals surface area contributed by atoms with Crippen molar-refractivity contribution < 1.29 is 0 Å². The summed E-state index contributed by atoms with van der Waals surface area (Å²) in [5.74, 6) is 1.35. The standard InChI is InChI=1S/C21H19N5S2/c1-2-4-16(5-3-1)19-24-21(28-25-19)26-12-8-17(9-13-26)20-23-18(14-27-20)15-6-10-22-11-7-15/h1-7,10-11,14,17H,8-9,12-13H2. The largest absolute Gasteiger partial charge is 0.347 e. The Hall–Kier alpha value is -2.64. The molecule has 4 aromatic rings. The molecule has 140 valence electrons. The highest BCUT2D eigenvalue weighted by molar-refractivity contribution is 7.10. The van der Waals surface area contributed by atoms with Crippen LogP contribution < -0.4 is 4.90 Å². The first-order chi connectivity index (χ1) is 13.9. The van der Waals surface area contributed by atoms with Crippen LogP contribution >= 0.6 is 22.9 Å². The molecule has 1 aliphatic heterocycles. The van der Waals surface area contributed by atoms with Gasteiger partial charge in [-0.05, 0) is 25.0 Å². The molecule has 0 N–H and O–H groups in total. The number of anilines is 1. The number of hydrogen-bond donors (Lipinski definition) is 0. The van der Waals surface area contributed by atoms with E-state index in [2.05, 4.69) is 31.8 Å². The minimum atomic E-state index is 0.526. The number of aromatic nitrogens is 4. The highest BCUT2D eigenvalue weighted by atomic mass is 32.1. The number of benzene rings is 1. The van der Waals surface area contributed by atoms with Crippen LogP contribution in [0.5, 0.6) is 0 Å². The summed E-state index contributed by atoms with van der Waals surface area (Å²) in [5, 5.41) is 4.43. The maximum atomic E-state index is 4.89. The zero-order valence-corrected chi connectivity index (χ0v) is 16.9. The summed E-state index contributed by atoms with van der Waals surface area (Å²) in [6.07, 6.45) is 5.84. The topological polar surface area (TPSA) is 54.8 Å². The second-order valence-electron chi connectivity index (χ2n) is 6.83. The van der Waals surface area contributed by atoms with E-state index in [4.69, 9.17) is 9.97 Å². The summed E-state index contributed by atoms with van der Waals surface area (Å²) >= 11 is 3.27. The van der Waals surface area contributed by atoms with E-state index in [9.17, 15) is 0 Å². The Kier molecular flexibility index (Phi) is 4.85. The maximum Gasteiger partial charge on any atom is 0.205 e. The molecule has 0 radical (unpaired) electrons. The Bertz CT molecular complexity index is 951. The number of hydrogen-bond acceptors (Lipinski definition) is 7. The predicted molar refractivity (Wildman–Crippen MR) is 115 cm³/mol. The fourth-order valence-electron chi connectivity index (χ4n) is 3.50. The van der Waals surface area contributed by atoms with Crippen molar-refractivity contribution in [2.24, 2.45) is 0 Å². The van der Waals surface area contributed by atoms with Gasteiger partial charge in [0.25, 0.3) is 0 Å². The van der Waals surface area contributed by atoms with Crippen molar-refractivity contribution in [2.75, 3.05) is 18.0 Å². The van der Waals surface area contributed by atoms with Crippen LogP contribution in [0.1, 0.15) is 23.8 Å². The second-order valence-corrected chi connectivity index (χ2v) is 8.45. The molecule has 0 bridgehead atoms. The lowest BCUT2D eigenvalue weighted by Crippen LogP contribution is -2.32. The van der Waals surface area contributed by atoms with Gasteiger partial charge in [0.2, 0.25) is 5.13 Å². The van der Waals surface area contributed by atoms with Crippen LogP contribution in [-0.2, 0) is 0 Å². The summed E-state index contributed by atoms with van der Waals surface area (Å²) < 4.78 is 4.55. The van der Waals surface area contributed by atoms with Gasteiger partial charge in [-0.3, -0.25) is 4.98 Å². The predicted octanol–water partition coefficient (Wildman–Crippen LogP) is 5.11. The zero-order valence-electron chi connectivity index (χ0n) is 15.2. The van der Waals surface area contributed by atoms with E-state index in [0.717, 1.165) is 53.7 Å². The van der Waals surface area contributed by atoms with Gasteiger partial charge in [0.1, 0.15) is 0 Å². The third kappa shape index (κ3) is 3.55. The van der Waals surface area contributed by atoms with Crippen LogP contribution in [-0.4, -0.2) is 32.4 Å². The Labute approximate surface area is 171 Å². The highest BCUT2D eigenvalue weighted by Gasteiger charge is 2.25.